The summed E-state index contributed by atoms with van der Waals surface area (Å²) < 4.78 is 0. The second-order valence-corrected chi connectivity index (χ2v) is 5.43. The highest BCUT2D eigenvalue weighted by Crippen LogP contribution is 2.05. The molecule has 0 spiro atoms. The van der Waals surface area contributed by atoms with Crippen molar-refractivity contribution in [2.75, 3.05) is 33.7 Å². The molecule has 0 aliphatic carbocycles. The second-order valence-electron chi connectivity index (χ2n) is 4.66. The summed E-state index contributed by atoms with van der Waals surface area (Å²) in [7, 11) is 4.03. The Hall–Kier alpha value is -0.220. The molecule has 0 aliphatic rings. The van der Waals surface area contributed by atoms with Gasteiger partial charge in [-0.2, -0.15) is 12.6 Å². The summed E-state index contributed by atoms with van der Waals surface area (Å²) in [5.41, 5.74) is 0. The maximum absolute atomic E-state index is 11.8. The van der Waals surface area contributed by atoms with Crippen molar-refractivity contribution in [3.05, 3.63) is 0 Å². The molecule has 3 nitrogen and oxygen atoms in total. The van der Waals surface area contributed by atoms with Crippen LogP contribution in [-0.2, 0) is 4.79 Å². The first-order valence-electron chi connectivity index (χ1n) is 5.46. The van der Waals surface area contributed by atoms with Gasteiger partial charge in [0.2, 0.25) is 5.91 Å². The summed E-state index contributed by atoms with van der Waals surface area (Å²) >= 11 is 4.19. The number of hydrogen-bond donors (Lipinski definition) is 1. The monoisotopic (exact) mass is 232 g/mol. The molecule has 0 rings (SSSR count). The van der Waals surface area contributed by atoms with E-state index < -0.39 is 0 Å². The van der Waals surface area contributed by atoms with Crippen LogP contribution in [0.4, 0.5) is 0 Å². The Morgan fingerprint density at radius 3 is 2.07 bits per heavy atom. The summed E-state index contributed by atoms with van der Waals surface area (Å²) in [5, 5.41) is -0.203. The molecule has 1 amide bonds. The first-order chi connectivity index (χ1) is 6.84. The molecule has 0 aromatic rings. The van der Waals surface area contributed by atoms with Crippen LogP contribution in [0.25, 0.3) is 0 Å². The van der Waals surface area contributed by atoms with Gasteiger partial charge >= 0.3 is 0 Å². The number of carbonyl (C=O) groups excluding carboxylic acids is 1. The summed E-state index contributed by atoms with van der Waals surface area (Å²) in [6, 6.07) is 0. The number of rotatable bonds is 6. The average Bonchev–Trinajstić information content (AvgIpc) is 2.10. The predicted molar refractivity (Wildman–Crippen MR) is 68.4 cm³/mol. The first-order valence-corrected chi connectivity index (χ1v) is 5.97. The minimum Gasteiger partial charge on any atom is -0.340 e. The lowest BCUT2D eigenvalue weighted by Gasteiger charge is -2.27. The Morgan fingerprint density at radius 2 is 1.73 bits per heavy atom. The van der Waals surface area contributed by atoms with E-state index in [1.165, 1.54) is 0 Å². The van der Waals surface area contributed by atoms with Crippen LogP contribution in [0.15, 0.2) is 0 Å². The fourth-order valence-corrected chi connectivity index (χ4v) is 1.48. The molecule has 0 radical (unpaired) electrons. The van der Waals surface area contributed by atoms with Crippen LogP contribution in [0.2, 0.25) is 0 Å². The van der Waals surface area contributed by atoms with Crippen molar-refractivity contribution < 1.29 is 4.79 Å². The van der Waals surface area contributed by atoms with Gasteiger partial charge in [0.05, 0.1) is 5.25 Å². The molecule has 4 heteroatoms. The van der Waals surface area contributed by atoms with Crippen molar-refractivity contribution in [1.82, 2.24) is 9.80 Å². The molecule has 15 heavy (non-hydrogen) atoms. The Balaban J connectivity index is 4.24. The largest absolute Gasteiger partial charge is 0.340 e. The zero-order valence-electron chi connectivity index (χ0n) is 10.5. The van der Waals surface area contributed by atoms with Crippen LogP contribution in [0.5, 0.6) is 0 Å². The lowest BCUT2D eigenvalue weighted by atomic mass is 10.2. The average molecular weight is 232 g/mol. The lowest BCUT2D eigenvalue weighted by molar-refractivity contribution is -0.131. The van der Waals surface area contributed by atoms with Crippen LogP contribution in [0.3, 0.4) is 0 Å². The molecule has 0 bridgehead atoms. The Morgan fingerprint density at radius 1 is 1.20 bits per heavy atom. The van der Waals surface area contributed by atoms with Gasteiger partial charge in [-0.1, -0.05) is 13.8 Å². The van der Waals surface area contributed by atoms with Gasteiger partial charge in [0.1, 0.15) is 0 Å². The van der Waals surface area contributed by atoms with Crippen LogP contribution >= 0.6 is 12.6 Å². The van der Waals surface area contributed by atoms with Crippen molar-refractivity contribution in [2.24, 2.45) is 5.92 Å². The highest BCUT2D eigenvalue weighted by Gasteiger charge is 2.18. The molecular formula is C11H24N2OS. The van der Waals surface area contributed by atoms with Gasteiger partial charge in [0, 0.05) is 19.6 Å². The van der Waals surface area contributed by atoms with E-state index in [4.69, 9.17) is 0 Å². The Kier molecular flexibility index (Phi) is 7.02. The highest BCUT2D eigenvalue weighted by molar-refractivity contribution is 7.81. The number of nitrogens with zero attached hydrogens (tertiary/aromatic N) is 2. The van der Waals surface area contributed by atoms with Crippen LogP contribution in [0.1, 0.15) is 20.8 Å². The van der Waals surface area contributed by atoms with Crippen LogP contribution in [0, 0.1) is 5.92 Å². The quantitative estimate of drug-likeness (QED) is 0.699. The standard InChI is InChI=1S/C11H24N2OS/c1-9(2)8-13(7-6-12(4)5)11(14)10(3)15/h9-10,15H,6-8H2,1-5H3. The first kappa shape index (κ1) is 14.8. The molecule has 1 atom stereocenters. The SMILES string of the molecule is CC(C)CN(CCN(C)C)C(=O)C(C)S. The Labute approximate surface area is 99.2 Å². The van der Waals surface area contributed by atoms with Crippen molar-refractivity contribution in [2.45, 2.75) is 26.0 Å². The van der Waals surface area contributed by atoms with E-state index in [-0.39, 0.29) is 11.2 Å². The number of carbonyl (C=O) groups is 1. The fourth-order valence-electron chi connectivity index (χ4n) is 1.32. The van der Waals surface area contributed by atoms with Gasteiger partial charge in [-0.3, -0.25) is 4.79 Å². The van der Waals surface area contributed by atoms with E-state index in [9.17, 15) is 4.79 Å². The molecular weight excluding hydrogens is 208 g/mol. The van der Waals surface area contributed by atoms with Gasteiger partial charge in [-0.25, -0.2) is 0 Å². The van der Waals surface area contributed by atoms with E-state index in [1.54, 1.807) is 0 Å². The van der Waals surface area contributed by atoms with Crippen molar-refractivity contribution in [3.8, 4) is 0 Å². The zero-order chi connectivity index (χ0) is 12.0. The summed E-state index contributed by atoms with van der Waals surface area (Å²) in [5.74, 6) is 0.636. The smallest absolute Gasteiger partial charge is 0.235 e. The van der Waals surface area contributed by atoms with E-state index in [0.29, 0.717) is 5.92 Å². The summed E-state index contributed by atoms with van der Waals surface area (Å²) in [4.78, 5) is 15.8. The van der Waals surface area contributed by atoms with Gasteiger partial charge < -0.3 is 9.80 Å². The molecule has 0 heterocycles. The topological polar surface area (TPSA) is 23.6 Å². The minimum absolute atomic E-state index is 0.133. The van der Waals surface area contributed by atoms with Gasteiger partial charge in [-0.15, -0.1) is 0 Å². The van der Waals surface area contributed by atoms with Gasteiger partial charge in [-0.05, 0) is 26.9 Å². The van der Waals surface area contributed by atoms with Gasteiger partial charge in [0.25, 0.3) is 0 Å². The van der Waals surface area contributed by atoms with Crippen molar-refractivity contribution in [1.29, 1.82) is 0 Å². The van der Waals surface area contributed by atoms with Crippen LogP contribution in [-0.4, -0.2) is 54.7 Å². The Bertz CT molecular complexity index is 193. The molecule has 0 aromatic heterocycles. The number of thiol groups is 1. The molecule has 0 saturated carbocycles. The van der Waals surface area contributed by atoms with E-state index >= 15 is 0 Å². The van der Waals surface area contributed by atoms with E-state index in [2.05, 4.69) is 31.4 Å². The third-order valence-electron chi connectivity index (χ3n) is 2.07. The van der Waals surface area contributed by atoms with E-state index in [1.807, 2.05) is 25.9 Å². The molecule has 0 aromatic carbocycles. The highest BCUT2D eigenvalue weighted by atomic mass is 32.1. The molecule has 0 N–H and O–H groups in total. The minimum atomic E-state index is -0.203. The van der Waals surface area contributed by atoms with Gasteiger partial charge in [0.15, 0.2) is 0 Å². The molecule has 0 fully saturated rings. The second kappa shape index (κ2) is 7.12. The predicted octanol–water partition coefficient (Wildman–Crippen LogP) is 1.35. The van der Waals surface area contributed by atoms with Crippen molar-refractivity contribution in [3.63, 3.8) is 0 Å². The number of hydrogen-bond acceptors (Lipinski definition) is 3. The van der Waals surface area contributed by atoms with Crippen LogP contribution < -0.4 is 0 Å². The molecule has 90 valence electrons. The number of amides is 1. The summed E-state index contributed by atoms with van der Waals surface area (Å²) in [6.07, 6.45) is 0. The molecule has 1 unspecified atom stereocenters. The maximum atomic E-state index is 11.8. The van der Waals surface area contributed by atoms with E-state index in [0.717, 1.165) is 19.6 Å². The zero-order valence-corrected chi connectivity index (χ0v) is 11.4. The molecule has 0 aliphatic heterocycles. The maximum Gasteiger partial charge on any atom is 0.235 e. The fraction of sp³-hybridized carbons (Fsp3) is 0.909. The third-order valence-corrected chi connectivity index (χ3v) is 2.29. The van der Waals surface area contributed by atoms with Crippen molar-refractivity contribution >= 4 is 18.5 Å². The number of likely N-dealkylation sites (N-methyl/N-ethyl adjacent to an activating group) is 1. The normalized spacial score (nSPS) is 13.3. The summed E-state index contributed by atoms with van der Waals surface area (Å²) in [6.45, 7) is 8.58. The lowest BCUT2D eigenvalue weighted by Crippen LogP contribution is -2.42. The molecule has 0 saturated heterocycles. The third kappa shape index (κ3) is 6.79.